The fourth-order valence-electron chi connectivity index (χ4n) is 1.20. The average molecular weight is 160 g/mol. The molecule has 0 amide bonds. The third-order valence-electron chi connectivity index (χ3n) is 2.22. The van der Waals surface area contributed by atoms with Crippen LogP contribution < -0.4 is 0 Å². The normalized spacial score (nSPS) is 11.8. The number of allylic oxidation sites excluding steroid dienone is 2. The van der Waals surface area contributed by atoms with Crippen LogP contribution in [0, 0.1) is 0 Å². The number of hydrogen-bond acceptors (Lipinski definition) is 0. The predicted molar refractivity (Wildman–Crippen MR) is 55.1 cm³/mol. The standard InChI is InChI=1S/C12H16/c1-4-10(3)12-8-6-7-11(5-2)9-12/h4,6-9H,5H2,1-3H3. The number of aryl methyl sites for hydroxylation is 1. The van der Waals surface area contributed by atoms with Crippen LogP contribution in [0.3, 0.4) is 0 Å². The molecule has 0 saturated heterocycles. The molecule has 0 bridgehead atoms. The summed E-state index contributed by atoms with van der Waals surface area (Å²) in [6, 6.07) is 8.72. The van der Waals surface area contributed by atoms with Gasteiger partial charge in [-0.2, -0.15) is 0 Å². The summed E-state index contributed by atoms with van der Waals surface area (Å²) in [5, 5.41) is 0. The molecule has 0 fully saturated rings. The van der Waals surface area contributed by atoms with Gasteiger partial charge < -0.3 is 0 Å². The van der Waals surface area contributed by atoms with Gasteiger partial charge in [0.15, 0.2) is 0 Å². The molecule has 1 aromatic rings. The van der Waals surface area contributed by atoms with Crippen LogP contribution in [0.15, 0.2) is 30.3 Å². The predicted octanol–water partition coefficient (Wildman–Crippen LogP) is 3.67. The maximum atomic E-state index is 2.26. The molecule has 0 aromatic heterocycles. The van der Waals surface area contributed by atoms with Crippen molar-refractivity contribution in [3.63, 3.8) is 0 Å². The van der Waals surface area contributed by atoms with E-state index in [1.807, 2.05) is 0 Å². The van der Waals surface area contributed by atoms with Crippen molar-refractivity contribution in [2.45, 2.75) is 27.2 Å². The van der Waals surface area contributed by atoms with Crippen molar-refractivity contribution in [3.05, 3.63) is 41.5 Å². The Morgan fingerprint density at radius 2 is 2.17 bits per heavy atom. The van der Waals surface area contributed by atoms with Crippen molar-refractivity contribution >= 4 is 5.57 Å². The van der Waals surface area contributed by atoms with Gasteiger partial charge >= 0.3 is 0 Å². The zero-order valence-corrected chi connectivity index (χ0v) is 8.09. The van der Waals surface area contributed by atoms with Crippen molar-refractivity contribution < 1.29 is 0 Å². The van der Waals surface area contributed by atoms with E-state index in [1.165, 1.54) is 16.7 Å². The van der Waals surface area contributed by atoms with Gasteiger partial charge in [-0.05, 0) is 37.0 Å². The molecule has 0 spiro atoms. The molecule has 0 heteroatoms. The lowest BCUT2D eigenvalue weighted by Gasteiger charge is -2.02. The third kappa shape index (κ3) is 1.97. The van der Waals surface area contributed by atoms with Gasteiger partial charge in [0.25, 0.3) is 0 Å². The Labute approximate surface area is 74.9 Å². The minimum Gasteiger partial charge on any atom is -0.0841 e. The Morgan fingerprint density at radius 1 is 1.42 bits per heavy atom. The Bertz CT molecular complexity index is 282. The van der Waals surface area contributed by atoms with Crippen LogP contribution >= 0.6 is 0 Å². The smallest absolute Gasteiger partial charge is 0.0228 e. The molecule has 0 unspecified atom stereocenters. The zero-order valence-electron chi connectivity index (χ0n) is 8.09. The Balaban J connectivity index is 3.02. The van der Waals surface area contributed by atoms with Crippen molar-refractivity contribution in [2.75, 3.05) is 0 Å². The van der Waals surface area contributed by atoms with Gasteiger partial charge in [-0.15, -0.1) is 0 Å². The van der Waals surface area contributed by atoms with E-state index < -0.39 is 0 Å². The van der Waals surface area contributed by atoms with Gasteiger partial charge in [-0.1, -0.05) is 37.3 Å². The molecular formula is C12H16. The largest absolute Gasteiger partial charge is 0.0841 e. The van der Waals surface area contributed by atoms with E-state index in [0.29, 0.717) is 0 Å². The molecule has 0 aliphatic heterocycles. The molecule has 0 nitrogen and oxygen atoms in total. The number of hydrogen-bond donors (Lipinski definition) is 0. The van der Waals surface area contributed by atoms with Crippen LogP contribution in [0.25, 0.3) is 5.57 Å². The lowest BCUT2D eigenvalue weighted by atomic mass is 10.0. The van der Waals surface area contributed by atoms with E-state index in [1.54, 1.807) is 0 Å². The highest BCUT2D eigenvalue weighted by molar-refractivity contribution is 5.63. The minimum atomic E-state index is 1.12. The van der Waals surface area contributed by atoms with Crippen LogP contribution in [0.5, 0.6) is 0 Å². The highest BCUT2D eigenvalue weighted by Crippen LogP contribution is 2.14. The molecule has 0 aliphatic carbocycles. The molecule has 0 N–H and O–H groups in total. The second kappa shape index (κ2) is 4.10. The molecule has 12 heavy (non-hydrogen) atoms. The summed E-state index contributed by atoms with van der Waals surface area (Å²) in [4.78, 5) is 0. The topological polar surface area (TPSA) is 0 Å². The van der Waals surface area contributed by atoms with E-state index in [0.717, 1.165) is 6.42 Å². The lowest BCUT2D eigenvalue weighted by Crippen LogP contribution is -1.83. The second-order valence-corrected chi connectivity index (χ2v) is 3.03. The quantitative estimate of drug-likeness (QED) is 0.619. The van der Waals surface area contributed by atoms with Gasteiger partial charge in [0.2, 0.25) is 0 Å². The molecule has 0 aliphatic rings. The molecule has 0 radical (unpaired) electrons. The summed E-state index contributed by atoms with van der Waals surface area (Å²) in [5.41, 5.74) is 4.11. The molecule has 1 aromatic carbocycles. The number of benzene rings is 1. The number of rotatable bonds is 2. The van der Waals surface area contributed by atoms with Crippen molar-refractivity contribution in [1.82, 2.24) is 0 Å². The lowest BCUT2D eigenvalue weighted by molar-refractivity contribution is 1.14. The summed E-state index contributed by atoms with van der Waals surface area (Å²) in [7, 11) is 0. The minimum absolute atomic E-state index is 1.12. The fourth-order valence-corrected chi connectivity index (χ4v) is 1.20. The Kier molecular flexibility index (Phi) is 3.09. The first-order valence-electron chi connectivity index (χ1n) is 4.50. The van der Waals surface area contributed by atoms with E-state index in [9.17, 15) is 0 Å². The highest BCUT2D eigenvalue weighted by Gasteiger charge is 1.94. The fraction of sp³-hybridized carbons (Fsp3) is 0.333. The Morgan fingerprint density at radius 3 is 2.75 bits per heavy atom. The van der Waals surface area contributed by atoms with Crippen molar-refractivity contribution in [3.8, 4) is 0 Å². The summed E-state index contributed by atoms with van der Waals surface area (Å²) < 4.78 is 0. The summed E-state index contributed by atoms with van der Waals surface area (Å²) in [6.45, 7) is 6.41. The van der Waals surface area contributed by atoms with Crippen LogP contribution in [0.2, 0.25) is 0 Å². The SMILES string of the molecule is CC=C(C)c1cccc(CC)c1. The van der Waals surface area contributed by atoms with E-state index in [4.69, 9.17) is 0 Å². The van der Waals surface area contributed by atoms with E-state index in [2.05, 4.69) is 51.1 Å². The van der Waals surface area contributed by atoms with Gasteiger partial charge in [0.1, 0.15) is 0 Å². The molecular weight excluding hydrogens is 144 g/mol. The average Bonchev–Trinajstić information content (AvgIpc) is 2.17. The first-order valence-corrected chi connectivity index (χ1v) is 4.50. The van der Waals surface area contributed by atoms with Crippen LogP contribution in [0.4, 0.5) is 0 Å². The molecule has 0 saturated carbocycles. The second-order valence-electron chi connectivity index (χ2n) is 3.03. The third-order valence-corrected chi connectivity index (χ3v) is 2.22. The van der Waals surface area contributed by atoms with Crippen molar-refractivity contribution in [2.24, 2.45) is 0 Å². The van der Waals surface area contributed by atoms with Crippen LogP contribution in [-0.4, -0.2) is 0 Å². The molecule has 0 heterocycles. The van der Waals surface area contributed by atoms with E-state index in [-0.39, 0.29) is 0 Å². The molecule has 64 valence electrons. The molecule has 0 atom stereocenters. The Hall–Kier alpha value is -1.04. The van der Waals surface area contributed by atoms with Crippen LogP contribution in [-0.2, 0) is 6.42 Å². The van der Waals surface area contributed by atoms with Crippen molar-refractivity contribution in [1.29, 1.82) is 0 Å². The summed E-state index contributed by atoms with van der Waals surface area (Å²) in [6.07, 6.45) is 3.26. The van der Waals surface area contributed by atoms with Gasteiger partial charge in [-0.3, -0.25) is 0 Å². The summed E-state index contributed by atoms with van der Waals surface area (Å²) >= 11 is 0. The van der Waals surface area contributed by atoms with Gasteiger partial charge in [-0.25, -0.2) is 0 Å². The molecule has 1 rings (SSSR count). The first-order chi connectivity index (χ1) is 5.77. The maximum Gasteiger partial charge on any atom is -0.0228 e. The maximum absolute atomic E-state index is 2.26. The van der Waals surface area contributed by atoms with E-state index >= 15 is 0 Å². The monoisotopic (exact) mass is 160 g/mol. The highest BCUT2D eigenvalue weighted by atomic mass is 14.0. The zero-order chi connectivity index (χ0) is 8.97. The van der Waals surface area contributed by atoms with Gasteiger partial charge in [0.05, 0.1) is 0 Å². The first kappa shape index (κ1) is 9.05. The summed E-state index contributed by atoms with van der Waals surface area (Å²) in [5.74, 6) is 0. The van der Waals surface area contributed by atoms with Crippen LogP contribution in [0.1, 0.15) is 31.9 Å². The van der Waals surface area contributed by atoms with Gasteiger partial charge in [0, 0.05) is 0 Å².